The van der Waals surface area contributed by atoms with Crippen LogP contribution in [0.3, 0.4) is 0 Å². The first-order chi connectivity index (χ1) is 11.6. The number of nitrogens with two attached hydrogens (primary N) is 1. The predicted molar refractivity (Wildman–Crippen MR) is 97.2 cm³/mol. The predicted octanol–water partition coefficient (Wildman–Crippen LogP) is 2.62. The molecule has 1 aliphatic heterocycles. The maximum atomic E-state index is 12.4. The van der Waals surface area contributed by atoms with Gasteiger partial charge in [0.2, 0.25) is 5.91 Å². The van der Waals surface area contributed by atoms with Gasteiger partial charge in [0.1, 0.15) is 5.60 Å². The zero-order chi connectivity index (χ0) is 18.8. The van der Waals surface area contributed by atoms with Crippen LogP contribution in [0.5, 0.6) is 0 Å². The number of carbonyl (C=O) groups excluding carboxylic acids is 2. The van der Waals surface area contributed by atoms with Gasteiger partial charge in [0.15, 0.2) is 0 Å². The van der Waals surface area contributed by atoms with Crippen molar-refractivity contribution in [2.75, 3.05) is 13.1 Å². The molecule has 0 unspecified atom stereocenters. The van der Waals surface area contributed by atoms with Gasteiger partial charge in [-0.15, -0.1) is 0 Å². The molecular weight excluding hydrogens is 318 g/mol. The van der Waals surface area contributed by atoms with Crippen LogP contribution in [0.15, 0.2) is 24.3 Å². The number of piperazine rings is 1. The quantitative estimate of drug-likeness (QED) is 0.912. The van der Waals surface area contributed by atoms with Crippen molar-refractivity contribution in [2.24, 2.45) is 5.73 Å². The third kappa shape index (κ3) is 4.95. The summed E-state index contributed by atoms with van der Waals surface area (Å²) in [6, 6.07) is 7.63. The van der Waals surface area contributed by atoms with E-state index in [1.807, 2.05) is 37.8 Å². The van der Waals surface area contributed by atoms with Crippen molar-refractivity contribution in [1.29, 1.82) is 0 Å². The maximum absolute atomic E-state index is 12.4. The molecule has 1 aromatic rings. The molecule has 1 heterocycles. The van der Waals surface area contributed by atoms with Crippen LogP contribution in [0.4, 0.5) is 4.79 Å². The largest absolute Gasteiger partial charge is 0.444 e. The monoisotopic (exact) mass is 347 g/mol. The lowest BCUT2D eigenvalue weighted by Crippen LogP contribution is -2.59. The van der Waals surface area contributed by atoms with E-state index >= 15 is 0 Å². The first-order valence-electron chi connectivity index (χ1n) is 8.71. The molecule has 2 rings (SSSR count). The fraction of sp³-hybridized carbons (Fsp3) is 0.579. The molecular formula is C19H29N3O3. The summed E-state index contributed by atoms with van der Waals surface area (Å²) in [5, 5.41) is 0. The van der Waals surface area contributed by atoms with Gasteiger partial charge in [0.25, 0.3) is 0 Å². The fourth-order valence-corrected chi connectivity index (χ4v) is 3.02. The number of rotatable bonds is 3. The van der Waals surface area contributed by atoms with Crippen LogP contribution in [0.1, 0.15) is 50.5 Å². The highest BCUT2D eigenvalue weighted by Gasteiger charge is 2.35. The number of hydrogen-bond acceptors (Lipinski definition) is 4. The number of amides is 2. The molecule has 25 heavy (non-hydrogen) atoms. The Balaban J connectivity index is 2.00. The third-order valence-corrected chi connectivity index (χ3v) is 4.65. The molecule has 0 aromatic heterocycles. The van der Waals surface area contributed by atoms with Crippen LogP contribution >= 0.6 is 0 Å². The Bertz CT molecular complexity index is 622. The van der Waals surface area contributed by atoms with E-state index in [0.29, 0.717) is 12.1 Å². The summed E-state index contributed by atoms with van der Waals surface area (Å²) in [6.07, 6.45) is -0.252. The van der Waals surface area contributed by atoms with Crippen molar-refractivity contribution in [3.8, 4) is 0 Å². The minimum absolute atomic E-state index is 0.0634. The van der Waals surface area contributed by atoms with Crippen LogP contribution in [-0.4, -0.2) is 52.6 Å². The average Bonchev–Trinajstić information content (AvgIpc) is 2.50. The molecule has 1 aromatic carbocycles. The maximum Gasteiger partial charge on any atom is 0.410 e. The van der Waals surface area contributed by atoms with Crippen LogP contribution in [0.2, 0.25) is 0 Å². The Morgan fingerprint density at radius 2 is 1.72 bits per heavy atom. The highest BCUT2D eigenvalue weighted by atomic mass is 16.6. The van der Waals surface area contributed by atoms with Crippen molar-refractivity contribution >= 4 is 12.0 Å². The van der Waals surface area contributed by atoms with Gasteiger partial charge in [-0.2, -0.15) is 0 Å². The van der Waals surface area contributed by atoms with Gasteiger partial charge in [-0.1, -0.05) is 12.1 Å². The van der Waals surface area contributed by atoms with Gasteiger partial charge in [0.05, 0.1) is 0 Å². The van der Waals surface area contributed by atoms with Crippen LogP contribution in [0.25, 0.3) is 0 Å². The van der Waals surface area contributed by atoms with Crippen molar-refractivity contribution in [1.82, 2.24) is 9.80 Å². The Hall–Kier alpha value is -2.08. The SMILES string of the molecule is C[C@H]1[C@H](C)N(C(=O)OC(C)(C)C)CCN1Cc1ccc(C(N)=O)cc1. The van der Waals surface area contributed by atoms with E-state index in [-0.39, 0.29) is 18.2 Å². The van der Waals surface area contributed by atoms with E-state index < -0.39 is 11.5 Å². The normalized spacial score (nSPS) is 21.9. The van der Waals surface area contributed by atoms with Crippen LogP contribution in [0, 0.1) is 0 Å². The van der Waals surface area contributed by atoms with E-state index in [0.717, 1.165) is 18.7 Å². The third-order valence-electron chi connectivity index (χ3n) is 4.65. The molecule has 1 saturated heterocycles. The lowest BCUT2D eigenvalue weighted by molar-refractivity contribution is -0.0144. The molecule has 1 fully saturated rings. The molecule has 2 amide bonds. The average molecular weight is 347 g/mol. The topological polar surface area (TPSA) is 75.9 Å². The molecule has 2 N–H and O–H groups in total. The van der Waals surface area contributed by atoms with Gasteiger partial charge in [-0.05, 0) is 52.3 Å². The Labute approximate surface area is 149 Å². The molecule has 1 aliphatic rings. The zero-order valence-electron chi connectivity index (χ0n) is 15.8. The summed E-state index contributed by atoms with van der Waals surface area (Å²) in [7, 11) is 0. The van der Waals surface area contributed by atoms with E-state index in [9.17, 15) is 9.59 Å². The second-order valence-corrected chi connectivity index (χ2v) is 7.69. The number of primary amides is 1. The van der Waals surface area contributed by atoms with Gasteiger partial charge in [0, 0.05) is 37.3 Å². The minimum atomic E-state index is -0.487. The molecule has 0 aliphatic carbocycles. The fourth-order valence-electron chi connectivity index (χ4n) is 3.02. The minimum Gasteiger partial charge on any atom is -0.444 e. The van der Waals surface area contributed by atoms with Gasteiger partial charge >= 0.3 is 6.09 Å². The van der Waals surface area contributed by atoms with Gasteiger partial charge in [-0.25, -0.2) is 4.79 Å². The van der Waals surface area contributed by atoms with Gasteiger partial charge < -0.3 is 15.4 Å². The first kappa shape index (κ1) is 19.2. The van der Waals surface area contributed by atoms with Crippen molar-refractivity contribution in [2.45, 2.75) is 58.8 Å². The van der Waals surface area contributed by atoms with Crippen molar-refractivity contribution < 1.29 is 14.3 Å². The Kier molecular flexibility index (Phi) is 5.72. The zero-order valence-corrected chi connectivity index (χ0v) is 15.8. The van der Waals surface area contributed by atoms with Gasteiger partial charge in [-0.3, -0.25) is 9.69 Å². The molecule has 138 valence electrons. The van der Waals surface area contributed by atoms with Crippen molar-refractivity contribution in [3.63, 3.8) is 0 Å². The first-order valence-corrected chi connectivity index (χ1v) is 8.71. The van der Waals surface area contributed by atoms with E-state index in [1.54, 1.807) is 12.1 Å². The molecule has 0 bridgehead atoms. The molecule has 2 atom stereocenters. The molecule has 6 nitrogen and oxygen atoms in total. The summed E-state index contributed by atoms with van der Waals surface area (Å²) < 4.78 is 5.51. The number of benzene rings is 1. The van der Waals surface area contributed by atoms with E-state index in [1.165, 1.54) is 0 Å². The smallest absolute Gasteiger partial charge is 0.410 e. The number of carbonyl (C=O) groups is 2. The van der Waals surface area contributed by atoms with Crippen LogP contribution < -0.4 is 5.73 Å². The summed E-state index contributed by atoms with van der Waals surface area (Å²) in [5.74, 6) is -0.417. The Morgan fingerprint density at radius 1 is 1.12 bits per heavy atom. The molecule has 6 heteroatoms. The second-order valence-electron chi connectivity index (χ2n) is 7.69. The Morgan fingerprint density at radius 3 is 2.24 bits per heavy atom. The van der Waals surface area contributed by atoms with Crippen LogP contribution in [-0.2, 0) is 11.3 Å². The highest BCUT2D eigenvalue weighted by Crippen LogP contribution is 2.22. The summed E-state index contributed by atoms with van der Waals surface area (Å²) >= 11 is 0. The molecule has 0 spiro atoms. The number of hydrogen-bond donors (Lipinski definition) is 1. The summed E-state index contributed by atoms with van der Waals surface area (Å²) in [5.41, 5.74) is 6.42. The number of nitrogens with zero attached hydrogens (tertiary/aromatic N) is 2. The molecule has 0 radical (unpaired) electrons. The standard InChI is InChI=1S/C19H29N3O3/c1-13-14(2)22(18(24)25-19(3,4)5)11-10-21(13)12-15-6-8-16(9-7-15)17(20)23/h6-9,13-14H,10-12H2,1-5H3,(H2,20,23)/t13-,14-/m0/s1. The van der Waals surface area contributed by atoms with Crippen molar-refractivity contribution in [3.05, 3.63) is 35.4 Å². The molecule has 0 saturated carbocycles. The summed E-state index contributed by atoms with van der Waals surface area (Å²) in [6.45, 7) is 12.0. The second kappa shape index (κ2) is 7.44. The van der Waals surface area contributed by atoms with E-state index in [4.69, 9.17) is 10.5 Å². The summed E-state index contributed by atoms with van der Waals surface area (Å²) in [4.78, 5) is 27.7. The number of ether oxygens (including phenoxy) is 1. The van der Waals surface area contributed by atoms with E-state index in [2.05, 4.69) is 18.7 Å². The lowest BCUT2D eigenvalue weighted by Gasteiger charge is -2.45. The highest BCUT2D eigenvalue weighted by molar-refractivity contribution is 5.92. The lowest BCUT2D eigenvalue weighted by atomic mass is 10.0.